The third-order valence-corrected chi connectivity index (χ3v) is 1.21. The van der Waals surface area contributed by atoms with Crippen molar-refractivity contribution < 1.29 is 19.4 Å². The maximum atomic E-state index is 11.0. The molecule has 0 aliphatic heterocycles. The Balaban J connectivity index is 4.17. The second-order valence-corrected chi connectivity index (χ2v) is 2.43. The summed E-state index contributed by atoms with van der Waals surface area (Å²) in [7, 11) is 0. The van der Waals surface area contributed by atoms with Crippen LogP contribution in [-0.4, -0.2) is 29.8 Å². The summed E-state index contributed by atoms with van der Waals surface area (Å²) in [6, 6.07) is 0. The highest BCUT2D eigenvalue weighted by Gasteiger charge is 2.19. The van der Waals surface area contributed by atoms with Crippen LogP contribution in [0.2, 0.25) is 0 Å². The van der Waals surface area contributed by atoms with E-state index in [4.69, 9.17) is 9.84 Å². The number of hydrogen-bond donors (Lipinski definition) is 2. The first-order valence-corrected chi connectivity index (χ1v) is 3.79. The second kappa shape index (κ2) is 5.31. The van der Waals surface area contributed by atoms with Crippen molar-refractivity contribution in [1.82, 2.24) is 5.32 Å². The third-order valence-electron chi connectivity index (χ3n) is 1.21. The third kappa shape index (κ3) is 4.27. The molecule has 5 heteroatoms. The summed E-state index contributed by atoms with van der Waals surface area (Å²) in [5.74, 6) is -1.75. The van der Waals surface area contributed by atoms with Crippen LogP contribution in [-0.2, 0) is 14.3 Å². The van der Waals surface area contributed by atoms with E-state index in [-0.39, 0.29) is 12.2 Å². The van der Waals surface area contributed by atoms with Crippen LogP contribution >= 0.6 is 0 Å². The summed E-state index contributed by atoms with van der Waals surface area (Å²) in [5, 5.41) is 10.7. The molecule has 0 saturated carbocycles. The number of carboxylic acids is 1. The summed E-state index contributed by atoms with van der Waals surface area (Å²) >= 11 is 0. The van der Waals surface area contributed by atoms with E-state index in [1.54, 1.807) is 6.92 Å². The van der Waals surface area contributed by atoms with Gasteiger partial charge in [0, 0.05) is 12.2 Å². The number of ether oxygens (including phenoxy) is 1. The van der Waals surface area contributed by atoms with Crippen LogP contribution in [0.3, 0.4) is 0 Å². The Hall–Kier alpha value is -1.36. The fourth-order valence-corrected chi connectivity index (χ4v) is 0.584. The first-order valence-electron chi connectivity index (χ1n) is 3.79. The normalized spacial score (nSPS) is 11.8. The summed E-state index contributed by atoms with van der Waals surface area (Å²) in [6.07, 6.45) is -1.30. The summed E-state index contributed by atoms with van der Waals surface area (Å²) in [5.41, 5.74) is 0.242. The summed E-state index contributed by atoms with van der Waals surface area (Å²) < 4.78 is 4.75. The lowest BCUT2D eigenvalue weighted by Crippen LogP contribution is -2.42. The number of hydrogen-bond acceptors (Lipinski definition) is 3. The Morgan fingerprint density at radius 2 is 2.15 bits per heavy atom. The molecule has 0 aliphatic carbocycles. The van der Waals surface area contributed by atoms with E-state index >= 15 is 0 Å². The van der Waals surface area contributed by atoms with Gasteiger partial charge in [-0.1, -0.05) is 6.58 Å². The SMILES string of the molecule is C=C(C)C(=O)NC(OCC)C(=O)O. The van der Waals surface area contributed by atoms with E-state index in [1.165, 1.54) is 6.92 Å². The molecule has 0 aliphatic rings. The molecule has 74 valence electrons. The van der Waals surface area contributed by atoms with Crippen molar-refractivity contribution in [2.45, 2.75) is 20.1 Å². The molecule has 13 heavy (non-hydrogen) atoms. The fraction of sp³-hybridized carbons (Fsp3) is 0.500. The minimum Gasteiger partial charge on any atom is -0.478 e. The van der Waals surface area contributed by atoms with Gasteiger partial charge in [-0.2, -0.15) is 0 Å². The zero-order valence-corrected chi connectivity index (χ0v) is 7.66. The minimum atomic E-state index is -1.30. The lowest BCUT2D eigenvalue weighted by molar-refractivity contribution is -0.154. The Morgan fingerprint density at radius 1 is 1.62 bits per heavy atom. The van der Waals surface area contributed by atoms with Crippen LogP contribution < -0.4 is 5.32 Å². The fourth-order valence-electron chi connectivity index (χ4n) is 0.584. The topological polar surface area (TPSA) is 75.6 Å². The van der Waals surface area contributed by atoms with Gasteiger partial charge in [-0.3, -0.25) is 4.79 Å². The lowest BCUT2D eigenvalue weighted by Gasteiger charge is -2.13. The van der Waals surface area contributed by atoms with Gasteiger partial charge in [-0.15, -0.1) is 0 Å². The molecule has 1 unspecified atom stereocenters. The smallest absolute Gasteiger partial charge is 0.354 e. The average Bonchev–Trinajstić information content (AvgIpc) is 2.03. The Labute approximate surface area is 76.4 Å². The molecule has 0 radical (unpaired) electrons. The number of carbonyl (C=O) groups excluding carboxylic acids is 1. The van der Waals surface area contributed by atoms with Crippen molar-refractivity contribution in [3.8, 4) is 0 Å². The van der Waals surface area contributed by atoms with Gasteiger partial charge < -0.3 is 15.2 Å². The van der Waals surface area contributed by atoms with Gasteiger partial charge in [-0.05, 0) is 13.8 Å². The van der Waals surface area contributed by atoms with Crippen molar-refractivity contribution in [3.63, 3.8) is 0 Å². The summed E-state index contributed by atoms with van der Waals surface area (Å²) in [6.45, 7) is 6.71. The van der Waals surface area contributed by atoms with Crippen molar-refractivity contribution in [1.29, 1.82) is 0 Å². The predicted molar refractivity (Wildman–Crippen MR) is 46.0 cm³/mol. The van der Waals surface area contributed by atoms with E-state index < -0.39 is 18.1 Å². The molecule has 0 heterocycles. The second-order valence-electron chi connectivity index (χ2n) is 2.43. The number of carboxylic acid groups (broad SMARTS) is 1. The average molecular weight is 187 g/mol. The highest BCUT2D eigenvalue weighted by atomic mass is 16.5. The number of carbonyl (C=O) groups is 2. The van der Waals surface area contributed by atoms with Crippen LogP contribution in [0.5, 0.6) is 0 Å². The van der Waals surface area contributed by atoms with Gasteiger partial charge >= 0.3 is 5.97 Å². The van der Waals surface area contributed by atoms with Gasteiger partial charge in [0.15, 0.2) is 0 Å². The van der Waals surface area contributed by atoms with Crippen LogP contribution in [0.1, 0.15) is 13.8 Å². The van der Waals surface area contributed by atoms with Gasteiger partial charge in [0.2, 0.25) is 12.1 Å². The van der Waals surface area contributed by atoms with Crippen LogP contribution in [0, 0.1) is 0 Å². The first kappa shape index (κ1) is 11.6. The van der Waals surface area contributed by atoms with Gasteiger partial charge in [0.05, 0.1) is 0 Å². The molecular weight excluding hydrogens is 174 g/mol. The van der Waals surface area contributed by atoms with E-state index in [0.717, 1.165) is 0 Å². The minimum absolute atomic E-state index is 0.216. The first-order chi connectivity index (χ1) is 5.99. The maximum Gasteiger partial charge on any atom is 0.354 e. The molecule has 2 N–H and O–H groups in total. The van der Waals surface area contributed by atoms with Crippen molar-refractivity contribution in [2.24, 2.45) is 0 Å². The standard InChI is InChI=1S/C8H13NO4/c1-4-13-7(8(11)12)9-6(10)5(2)3/h7H,2,4H2,1,3H3,(H,9,10)(H,11,12). The molecule has 0 saturated heterocycles. The monoisotopic (exact) mass is 187 g/mol. The highest BCUT2D eigenvalue weighted by molar-refractivity contribution is 5.94. The van der Waals surface area contributed by atoms with Crippen molar-refractivity contribution >= 4 is 11.9 Å². The van der Waals surface area contributed by atoms with Crippen LogP contribution in [0.4, 0.5) is 0 Å². The van der Waals surface area contributed by atoms with Gasteiger partial charge in [0.1, 0.15) is 0 Å². The molecule has 1 atom stereocenters. The molecule has 0 spiro atoms. The molecule has 0 aromatic rings. The lowest BCUT2D eigenvalue weighted by atomic mass is 10.3. The predicted octanol–water partition coefficient (Wildman–Crippen LogP) is 0.126. The van der Waals surface area contributed by atoms with E-state index in [2.05, 4.69) is 11.9 Å². The maximum absolute atomic E-state index is 11.0. The highest BCUT2D eigenvalue weighted by Crippen LogP contribution is 1.92. The van der Waals surface area contributed by atoms with Crippen molar-refractivity contribution in [2.75, 3.05) is 6.61 Å². The molecule has 0 fully saturated rings. The molecule has 5 nitrogen and oxygen atoms in total. The quantitative estimate of drug-likeness (QED) is 0.473. The number of aliphatic carboxylic acids is 1. The van der Waals surface area contributed by atoms with E-state index in [0.29, 0.717) is 0 Å². The van der Waals surface area contributed by atoms with Crippen LogP contribution in [0.15, 0.2) is 12.2 Å². The molecule has 0 aromatic carbocycles. The largest absolute Gasteiger partial charge is 0.478 e. The number of amides is 1. The molecular formula is C8H13NO4. The number of nitrogens with one attached hydrogen (secondary N) is 1. The van der Waals surface area contributed by atoms with E-state index in [9.17, 15) is 9.59 Å². The molecule has 1 amide bonds. The molecule has 0 aromatic heterocycles. The van der Waals surface area contributed by atoms with Crippen LogP contribution in [0.25, 0.3) is 0 Å². The van der Waals surface area contributed by atoms with E-state index in [1.807, 2.05) is 0 Å². The Kier molecular flexibility index (Phi) is 4.76. The molecule has 0 rings (SSSR count). The Bertz CT molecular complexity index is 224. The summed E-state index contributed by atoms with van der Waals surface area (Å²) in [4.78, 5) is 21.5. The molecule has 0 bridgehead atoms. The zero-order valence-electron chi connectivity index (χ0n) is 7.66. The Morgan fingerprint density at radius 3 is 2.46 bits per heavy atom. The number of rotatable bonds is 5. The van der Waals surface area contributed by atoms with Gasteiger partial charge in [-0.25, -0.2) is 4.79 Å². The van der Waals surface area contributed by atoms with Gasteiger partial charge in [0.25, 0.3) is 0 Å². The van der Waals surface area contributed by atoms with Crippen molar-refractivity contribution in [3.05, 3.63) is 12.2 Å². The zero-order chi connectivity index (χ0) is 10.4.